The van der Waals surface area contributed by atoms with Crippen LogP contribution >= 0.6 is 0 Å². The van der Waals surface area contributed by atoms with Gasteiger partial charge < -0.3 is 15.8 Å². The number of nitrogens with two attached hydrogens (primary N) is 1. The SMILES string of the molecule is COc1cc(C(=O)Nc2cccc(F)c2F)ccc1N. The molecule has 104 valence electrons. The number of nitrogens with one attached hydrogen (secondary N) is 1. The van der Waals surface area contributed by atoms with E-state index in [4.69, 9.17) is 10.5 Å². The number of anilines is 2. The number of benzene rings is 2. The van der Waals surface area contributed by atoms with Crippen LogP contribution in [0.4, 0.5) is 20.2 Å². The highest BCUT2D eigenvalue weighted by Crippen LogP contribution is 2.23. The average molecular weight is 278 g/mol. The Morgan fingerprint density at radius 2 is 2.00 bits per heavy atom. The van der Waals surface area contributed by atoms with Crippen LogP contribution in [0.25, 0.3) is 0 Å². The van der Waals surface area contributed by atoms with Gasteiger partial charge in [0, 0.05) is 5.56 Å². The Morgan fingerprint density at radius 1 is 1.25 bits per heavy atom. The zero-order chi connectivity index (χ0) is 14.7. The minimum Gasteiger partial charge on any atom is -0.495 e. The molecule has 0 bridgehead atoms. The fraction of sp³-hybridized carbons (Fsp3) is 0.0714. The highest BCUT2D eigenvalue weighted by molar-refractivity contribution is 6.04. The molecule has 0 spiro atoms. The van der Waals surface area contributed by atoms with Crippen molar-refractivity contribution < 1.29 is 18.3 Å². The number of ether oxygens (including phenoxy) is 1. The van der Waals surface area contributed by atoms with Gasteiger partial charge in [0.05, 0.1) is 18.5 Å². The maximum atomic E-state index is 13.5. The fourth-order valence-corrected chi connectivity index (χ4v) is 1.65. The highest BCUT2D eigenvalue weighted by Gasteiger charge is 2.13. The Hall–Kier alpha value is -2.63. The van der Waals surface area contributed by atoms with Crippen LogP contribution in [0.15, 0.2) is 36.4 Å². The molecule has 0 heterocycles. The van der Waals surface area contributed by atoms with Gasteiger partial charge in [-0.3, -0.25) is 4.79 Å². The van der Waals surface area contributed by atoms with Crippen molar-refractivity contribution in [3.8, 4) is 5.75 Å². The van der Waals surface area contributed by atoms with Gasteiger partial charge in [0.1, 0.15) is 5.75 Å². The third-order valence-corrected chi connectivity index (χ3v) is 2.70. The van der Waals surface area contributed by atoms with Crippen LogP contribution in [-0.2, 0) is 0 Å². The van der Waals surface area contributed by atoms with Crippen molar-refractivity contribution in [2.24, 2.45) is 0 Å². The average Bonchev–Trinajstić information content (AvgIpc) is 2.44. The molecule has 2 rings (SSSR count). The lowest BCUT2D eigenvalue weighted by Gasteiger charge is -2.09. The molecule has 20 heavy (non-hydrogen) atoms. The number of methoxy groups -OCH3 is 1. The van der Waals surface area contributed by atoms with Crippen molar-refractivity contribution in [3.05, 3.63) is 53.6 Å². The van der Waals surface area contributed by atoms with Gasteiger partial charge in [-0.25, -0.2) is 8.78 Å². The Kier molecular flexibility index (Phi) is 3.84. The first-order chi connectivity index (χ1) is 9.52. The Balaban J connectivity index is 2.26. The van der Waals surface area contributed by atoms with E-state index < -0.39 is 17.5 Å². The van der Waals surface area contributed by atoms with E-state index in [-0.39, 0.29) is 11.3 Å². The molecule has 4 nitrogen and oxygen atoms in total. The lowest BCUT2D eigenvalue weighted by molar-refractivity contribution is 0.102. The third-order valence-electron chi connectivity index (χ3n) is 2.70. The molecule has 6 heteroatoms. The maximum Gasteiger partial charge on any atom is 0.255 e. The molecule has 2 aromatic carbocycles. The molecule has 0 aliphatic heterocycles. The summed E-state index contributed by atoms with van der Waals surface area (Å²) in [6.07, 6.45) is 0. The zero-order valence-electron chi connectivity index (χ0n) is 10.6. The van der Waals surface area contributed by atoms with Gasteiger partial charge in [0.15, 0.2) is 11.6 Å². The monoisotopic (exact) mass is 278 g/mol. The van der Waals surface area contributed by atoms with Crippen LogP contribution in [0.3, 0.4) is 0 Å². The van der Waals surface area contributed by atoms with Crippen molar-refractivity contribution in [2.45, 2.75) is 0 Å². The number of carbonyl (C=O) groups is 1. The molecule has 0 aliphatic carbocycles. The molecule has 0 fully saturated rings. The summed E-state index contributed by atoms with van der Waals surface area (Å²) in [7, 11) is 1.42. The molecule has 0 radical (unpaired) electrons. The predicted octanol–water partition coefficient (Wildman–Crippen LogP) is 2.81. The molecule has 0 unspecified atom stereocenters. The van der Waals surface area contributed by atoms with Crippen LogP contribution in [0.5, 0.6) is 5.75 Å². The van der Waals surface area contributed by atoms with E-state index in [0.29, 0.717) is 11.4 Å². The zero-order valence-corrected chi connectivity index (χ0v) is 10.6. The van der Waals surface area contributed by atoms with Crippen LogP contribution in [0.1, 0.15) is 10.4 Å². The Morgan fingerprint density at radius 3 is 2.70 bits per heavy atom. The number of hydrogen-bond donors (Lipinski definition) is 2. The summed E-state index contributed by atoms with van der Waals surface area (Å²) in [5.74, 6) is -2.40. The van der Waals surface area contributed by atoms with E-state index in [2.05, 4.69) is 5.32 Å². The number of halogens is 2. The third kappa shape index (κ3) is 2.69. The first-order valence-corrected chi connectivity index (χ1v) is 5.72. The van der Waals surface area contributed by atoms with E-state index in [9.17, 15) is 13.6 Å². The summed E-state index contributed by atoms with van der Waals surface area (Å²) in [5.41, 5.74) is 6.00. The van der Waals surface area contributed by atoms with Gasteiger partial charge >= 0.3 is 0 Å². The van der Waals surface area contributed by atoms with Crippen LogP contribution in [-0.4, -0.2) is 13.0 Å². The summed E-state index contributed by atoms with van der Waals surface area (Å²) >= 11 is 0. The molecule has 0 atom stereocenters. The van der Waals surface area contributed by atoms with Crippen molar-refractivity contribution >= 4 is 17.3 Å². The second-order valence-corrected chi connectivity index (χ2v) is 4.01. The second kappa shape index (κ2) is 5.56. The summed E-state index contributed by atoms with van der Waals surface area (Å²) < 4.78 is 31.5. The standard InChI is InChI=1S/C14H12F2N2O2/c1-20-12-7-8(5-6-10(12)17)14(19)18-11-4-2-3-9(15)13(11)16/h2-7H,17H2,1H3,(H,18,19). The van der Waals surface area contributed by atoms with Gasteiger partial charge in [0.2, 0.25) is 0 Å². The van der Waals surface area contributed by atoms with Crippen molar-refractivity contribution in [1.29, 1.82) is 0 Å². The topological polar surface area (TPSA) is 64.3 Å². The second-order valence-electron chi connectivity index (χ2n) is 4.01. The van der Waals surface area contributed by atoms with Gasteiger partial charge in [-0.15, -0.1) is 0 Å². The molecular weight excluding hydrogens is 266 g/mol. The Bertz CT molecular complexity index is 660. The minimum atomic E-state index is -1.11. The van der Waals surface area contributed by atoms with Crippen LogP contribution in [0, 0.1) is 11.6 Å². The van der Waals surface area contributed by atoms with Gasteiger partial charge in [-0.2, -0.15) is 0 Å². The van der Waals surface area contributed by atoms with Crippen molar-refractivity contribution in [1.82, 2.24) is 0 Å². The Labute approximate surface area is 114 Å². The van der Waals surface area contributed by atoms with Crippen molar-refractivity contribution in [3.63, 3.8) is 0 Å². The van der Waals surface area contributed by atoms with E-state index in [0.717, 1.165) is 6.07 Å². The summed E-state index contributed by atoms with van der Waals surface area (Å²) in [6, 6.07) is 7.92. The smallest absolute Gasteiger partial charge is 0.255 e. The first kappa shape index (κ1) is 13.8. The minimum absolute atomic E-state index is 0.222. The number of amides is 1. The molecular formula is C14H12F2N2O2. The van der Waals surface area contributed by atoms with E-state index in [1.165, 1.54) is 37.4 Å². The molecule has 0 aliphatic rings. The normalized spacial score (nSPS) is 10.2. The quantitative estimate of drug-likeness (QED) is 0.848. The highest BCUT2D eigenvalue weighted by atomic mass is 19.2. The number of hydrogen-bond acceptors (Lipinski definition) is 3. The van der Waals surface area contributed by atoms with Gasteiger partial charge in [0.25, 0.3) is 5.91 Å². The van der Waals surface area contributed by atoms with Gasteiger partial charge in [-0.05, 0) is 30.3 Å². The molecule has 2 aromatic rings. The predicted molar refractivity (Wildman–Crippen MR) is 71.7 cm³/mol. The van der Waals surface area contributed by atoms with E-state index >= 15 is 0 Å². The van der Waals surface area contributed by atoms with E-state index in [1.54, 1.807) is 0 Å². The van der Waals surface area contributed by atoms with Crippen molar-refractivity contribution in [2.75, 3.05) is 18.2 Å². The van der Waals surface area contributed by atoms with E-state index in [1.807, 2.05) is 0 Å². The maximum absolute atomic E-state index is 13.5. The molecule has 0 aromatic heterocycles. The first-order valence-electron chi connectivity index (χ1n) is 5.72. The lowest BCUT2D eigenvalue weighted by Crippen LogP contribution is -2.13. The largest absolute Gasteiger partial charge is 0.495 e. The summed E-state index contributed by atoms with van der Waals surface area (Å²) in [5, 5.41) is 2.29. The lowest BCUT2D eigenvalue weighted by atomic mass is 10.1. The summed E-state index contributed by atoms with van der Waals surface area (Å²) in [6.45, 7) is 0. The molecule has 3 N–H and O–H groups in total. The number of rotatable bonds is 3. The number of nitrogen functional groups attached to an aromatic ring is 1. The van der Waals surface area contributed by atoms with Gasteiger partial charge in [-0.1, -0.05) is 6.07 Å². The van der Waals surface area contributed by atoms with Crippen LogP contribution in [0.2, 0.25) is 0 Å². The number of carbonyl (C=O) groups excluding carboxylic acids is 1. The molecule has 0 saturated heterocycles. The van der Waals surface area contributed by atoms with Crippen LogP contribution < -0.4 is 15.8 Å². The molecule has 1 amide bonds. The fourth-order valence-electron chi connectivity index (χ4n) is 1.65. The molecule has 0 saturated carbocycles. The summed E-state index contributed by atoms with van der Waals surface area (Å²) in [4.78, 5) is 12.0.